The van der Waals surface area contributed by atoms with Gasteiger partial charge in [0.1, 0.15) is 22.9 Å². The molecule has 1 amide bonds. The van der Waals surface area contributed by atoms with E-state index in [-0.39, 0.29) is 53.5 Å². The lowest BCUT2D eigenvalue weighted by Gasteiger charge is -2.39. The summed E-state index contributed by atoms with van der Waals surface area (Å²) in [6.45, 7) is 8.79. The third-order valence-corrected chi connectivity index (χ3v) is 14.2. The molecule has 5 aromatic rings. The molecular formula is C45H50ClN7O8S2. The quantitative estimate of drug-likeness (QED) is 0.0909. The molecule has 2 aromatic heterocycles. The topological polar surface area (TPSA) is 189 Å². The molecule has 18 heteroatoms. The van der Waals surface area contributed by atoms with Crippen molar-refractivity contribution in [2.45, 2.75) is 44.4 Å². The summed E-state index contributed by atoms with van der Waals surface area (Å²) < 4.78 is 58.2. The number of nitrogens with zero attached hydrogens (tertiary/aromatic N) is 5. The lowest BCUT2D eigenvalue weighted by Crippen LogP contribution is -2.47. The zero-order chi connectivity index (χ0) is 44.7. The van der Waals surface area contributed by atoms with Crippen molar-refractivity contribution in [2.24, 2.45) is 15.7 Å². The van der Waals surface area contributed by atoms with Crippen LogP contribution >= 0.6 is 11.6 Å². The SMILES string of the molecule is CC1(C)CCC(CN2CCN(c3ccc(C(=O)NS(=O)(=O)c4cc5c(c([N+](=O)[O-])c4)C[C@@H](CN=S(C)(C)=O)CO5)c(Oc4cnc5[nH]ccc5c4)c3)CC2)=C(c2ccc(Cl)cc2)C1. The minimum absolute atomic E-state index is 0.0181. The van der Waals surface area contributed by atoms with Crippen LogP contribution in [0.1, 0.15) is 54.6 Å². The Balaban J connectivity index is 1.03. The van der Waals surface area contributed by atoms with E-state index in [1.54, 1.807) is 24.4 Å². The third-order valence-electron chi connectivity index (χ3n) is 11.8. The van der Waals surface area contributed by atoms with Crippen molar-refractivity contribution < 1.29 is 31.8 Å². The molecule has 3 aliphatic rings. The third kappa shape index (κ3) is 10.3. The highest BCUT2D eigenvalue weighted by Crippen LogP contribution is 2.44. The second-order valence-electron chi connectivity index (χ2n) is 17.5. The van der Waals surface area contributed by atoms with Gasteiger partial charge in [-0.3, -0.25) is 24.0 Å². The Kier molecular flexibility index (Phi) is 12.3. The summed E-state index contributed by atoms with van der Waals surface area (Å²) in [6, 6.07) is 18.8. The van der Waals surface area contributed by atoms with Gasteiger partial charge in [-0.05, 0) is 78.6 Å². The number of amides is 1. The molecule has 2 N–H and O–H groups in total. The van der Waals surface area contributed by atoms with Crippen LogP contribution in [0.5, 0.6) is 17.2 Å². The van der Waals surface area contributed by atoms with Gasteiger partial charge in [0.25, 0.3) is 21.6 Å². The number of fused-ring (bicyclic) bond motifs is 2. The zero-order valence-corrected chi connectivity index (χ0v) is 37.9. The summed E-state index contributed by atoms with van der Waals surface area (Å²) in [5.74, 6) is -0.845. The van der Waals surface area contributed by atoms with Gasteiger partial charge >= 0.3 is 0 Å². The first-order valence-electron chi connectivity index (χ1n) is 20.7. The summed E-state index contributed by atoms with van der Waals surface area (Å²) in [5, 5.41) is 13.7. The molecule has 0 saturated carbocycles. The molecule has 2 aliphatic heterocycles. The average Bonchev–Trinajstić information content (AvgIpc) is 3.71. The van der Waals surface area contributed by atoms with E-state index in [9.17, 15) is 27.5 Å². The van der Waals surface area contributed by atoms with Crippen LogP contribution in [-0.2, 0) is 26.2 Å². The molecule has 1 saturated heterocycles. The number of pyridine rings is 1. The lowest BCUT2D eigenvalue weighted by molar-refractivity contribution is -0.386. The number of piperazine rings is 1. The molecule has 0 unspecified atom stereocenters. The maximum atomic E-state index is 14.0. The molecule has 4 heterocycles. The molecule has 1 aliphatic carbocycles. The number of nitro groups is 1. The fraction of sp³-hybridized carbons (Fsp3) is 0.378. The number of benzene rings is 3. The number of anilines is 1. The van der Waals surface area contributed by atoms with Crippen molar-refractivity contribution in [3.8, 4) is 17.2 Å². The van der Waals surface area contributed by atoms with Gasteiger partial charge in [0.05, 0.1) is 40.3 Å². The minimum atomic E-state index is -4.67. The smallest absolute Gasteiger partial charge is 0.277 e. The number of nitro benzene ring substituents is 1. The Morgan fingerprint density at radius 3 is 2.56 bits per heavy atom. The number of aromatic amines is 1. The van der Waals surface area contributed by atoms with Gasteiger partial charge in [-0.15, -0.1) is 0 Å². The second-order valence-corrected chi connectivity index (χ2v) is 22.3. The van der Waals surface area contributed by atoms with E-state index < -0.39 is 41.2 Å². The summed E-state index contributed by atoms with van der Waals surface area (Å²) in [4.78, 5) is 37.2. The Bertz CT molecular complexity index is 2860. The number of halogens is 1. The predicted molar refractivity (Wildman–Crippen MR) is 245 cm³/mol. The van der Waals surface area contributed by atoms with E-state index in [1.807, 2.05) is 18.2 Å². The van der Waals surface area contributed by atoms with Crippen LogP contribution in [0.4, 0.5) is 11.4 Å². The Labute approximate surface area is 372 Å². The number of allylic oxidation sites excluding steroid dienone is 1. The van der Waals surface area contributed by atoms with Crippen molar-refractivity contribution in [3.05, 3.63) is 117 Å². The van der Waals surface area contributed by atoms with Gasteiger partial charge in [-0.25, -0.2) is 22.5 Å². The van der Waals surface area contributed by atoms with Gasteiger partial charge in [-0.1, -0.05) is 43.2 Å². The summed E-state index contributed by atoms with van der Waals surface area (Å²) in [5.41, 5.74) is 5.38. The highest BCUT2D eigenvalue weighted by molar-refractivity contribution is 7.92. The molecular weight excluding hydrogens is 866 g/mol. The van der Waals surface area contributed by atoms with Crippen molar-refractivity contribution >= 4 is 65.2 Å². The fourth-order valence-electron chi connectivity index (χ4n) is 8.43. The van der Waals surface area contributed by atoms with E-state index in [0.717, 1.165) is 61.1 Å². The van der Waals surface area contributed by atoms with Gasteiger partial charge in [0.15, 0.2) is 0 Å². The average molecular weight is 917 g/mol. The van der Waals surface area contributed by atoms with E-state index in [2.05, 4.69) is 54.8 Å². The van der Waals surface area contributed by atoms with E-state index in [0.29, 0.717) is 24.5 Å². The maximum Gasteiger partial charge on any atom is 0.277 e. The number of nitrogens with one attached hydrogen (secondary N) is 2. The lowest BCUT2D eigenvalue weighted by atomic mass is 9.72. The number of ether oxygens (including phenoxy) is 2. The first kappa shape index (κ1) is 44.1. The predicted octanol–water partition coefficient (Wildman–Crippen LogP) is 8.10. The van der Waals surface area contributed by atoms with Gasteiger partial charge < -0.3 is 19.4 Å². The molecule has 3 aromatic carbocycles. The molecule has 1 atom stereocenters. The molecule has 0 spiro atoms. The van der Waals surface area contributed by atoms with Crippen LogP contribution in [-0.4, -0.2) is 96.7 Å². The van der Waals surface area contributed by atoms with Gasteiger partial charge in [-0.2, -0.15) is 0 Å². The van der Waals surface area contributed by atoms with E-state index in [1.165, 1.54) is 47.6 Å². The second kappa shape index (κ2) is 17.6. The minimum Gasteiger partial charge on any atom is -0.493 e. The van der Waals surface area contributed by atoms with Crippen molar-refractivity contribution in [1.29, 1.82) is 0 Å². The van der Waals surface area contributed by atoms with Crippen molar-refractivity contribution in [2.75, 3.05) is 63.3 Å². The molecule has 1 fully saturated rings. The van der Waals surface area contributed by atoms with E-state index >= 15 is 0 Å². The fourth-order valence-corrected chi connectivity index (χ4v) is 10.1. The van der Waals surface area contributed by atoms with Crippen LogP contribution in [0, 0.1) is 21.4 Å². The number of aromatic nitrogens is 2. The standard InChI is InChI=1S/C45H50ClN7O8S2/c1-45(2)13-11-32(39(24-45)30-5-7-33(46)8-6-30)27-51-15-17-52(18-16-51)34-9-10-37(42(21-34)61-35-20-31-12-14-47-43(31)48-26-35)44(54)50-63(58,59)36-22-40(53(55)56)38-19-29(25-49-62(3,4)57)28-60-41(38)23-36/h5-10,12,14,20-23,26,29H,11,13,15-19,24-25,27-28H2,1-4H3,(H,47,48)(H,50,54)/t29-/m0/s1. The number of carbonyl (C=O) groups is 1. The number of hydrogen-bond acceptors (Lipinski definition) is 12. The maximum absolute atomic E-state index is 14.0. The Morgan fingerprint density at radius 2 is 1.83 bits per heavy atom. The van der Waals surface area contributed by atoms with Crippen LogP contribution in [0.3, 0.4) is 0 Å². The number of H-pyrrole nitrogens is 1. The van der Waals surface area contributed by atoms with Crippen molar-refractivity contribution in [1.82, 2.24) is 19.6 Å². The van der Waals surface area contributed by atoms with E-state index in [4.69, 9.17) is 21.1 Å². The molecule has 0 radical (unpaired) electrons. The summed E-state index contributed by atoms with van der Waals surface area (Å²) >= 11 is 6.24. The number of hydrogen-bond donors (Lipinski definition) is 2. The summed E-state index contributed by atoms with van der Waals surface area (Å²) in [6.07, 6.45) is 9.59. The molecule has 332 valence electrons. The molecule has 15 nitrogen and oxygen atoms in total. The summed E-state index contributed by atoms with van der Waals surface area (Å²) in [7, 11) is -7.07. The first-order valence-corrected chi connectivity index (χ1v) is 24.9. The monoisotopic (exact) mass is 915 g/mol. The highest BCUT2D eigenvalue weighted by atomic mass is 35.5. The largest absolute Gasteiger partial charge is 0.493 e. The Hall–Kier alpha value is -5.49. The number of carbonyl (C=O) groups excluding carboxylic acids is 1. The molecule has 63 heavy (non-hydrogen) atoms. The van der Waals surface area contributed by atoms with Crippen LogP contribution in [0.15, 0.2) is 94.0 Å². The molecule has 0 bridgehead atoms. The molecule has 8 rings (SSSR count). The Morgan fingerprint density at radius 1 is 1.06 bits per heavy atom. The normalized spacial score (nSPS) is 18.1. The van der Waals surface area contributed by atoms with Crippen LogP contribution < -0.4 is 19.1 Å². The first-order chi connectivity index (χ1) is 29.9. The van der Waals surface area contributed by atoms with Gasteiger partial charge in [0, 0.05) is 101 Å². The zero-order valence-electron chi connectivity index (χ0n) is 35.6. The number of sulfonamides is 1. The highest BCUT2D eigenvalue weighted by Gasteiger charge is 2.33. The number of rotatable bonds is 12. The van der Waals surface area contributed by atoms with Crippen LogP contribution in [0.2, 0.25) is 5.02 Å². The van der Waals surface area contributed by atoms with Crippen LogP contribution in [0.25, 0.3) is 16.6 Å². The van der Waals surface area contributed by atoms with Crippen molar-refractivity contribution in [3.63, 3.8) is 0 Å². The van der Waals surface area contributed by atoms with Gasteiger partial charge in [0.2, 0.25) is 0 Å².